The van der Waals surface area contributed by atoms with Gasteiger partial charge in [0.1, 0.15) is 0 Å². The number of hydrogen-bond donors (Lipinski definition) is 2. The van der Waals surface area contributed by atoms with E-state index in [9.17, 15) is 9.59 Å². The van der Waals surface area contributed by atoms with Gasteiger partial charge in [0.05, 0.1) is 18.2 Å². The number of aryl methyl sites for hydroxylation is 1. The van der Waals surface area contributed by atoms with Crippen molar-refractivity contribution in [3.05, 3.63) is 45.1 Å². The third-order valence-corrected chi connectivity index (χ3v) is 3.81. The molecule has 0 bridgehead atoms. The Hall–Kier alpha value is -1.82. The maximum atomic E-state index is 12.2. The van der Waals surface area contributed by atoms with Gasteiger partial charge in [-0.15, -0.1) is 0 Å². The number of nitrogens with one attached hydrogen (secondary N) is 2. The van der Waals surface area contributed by atoms with Gasteiger partial charge in [-0.05, 0) is 44.0 Å². The molecule has 1 aliphatic rings. The molecule has 0 fully saturated rings. The minimum atomic E-state index is -0.518. The van der Waals surface area contributed by atoms with E-state index in [1.54, 1.807) is 13.8 Å². The summed E-state index contributed by atoms with van der Waals surface area (Å²) in [5.41, 5.74) is 2.79. The molecule has 5 nitrogen and oxygen atoms in total. The standard InChI is InChI=1S/C15H17BrN2O3/c1-4-21-14(19)12-9(3)17-15(20)18-13(12)11-7-10(16)6-5-8(11)2/h5-7,13H,4H2,1-3H3,(H2,17,18,20). The van der Waals surface area contributed by atoms with Crippen molar-refractivity contribution in [2.75, 3.05) is 6.61 Å². The molecular weight excluding hydrogens is 336 g/mol. The van der Waals surface area contributed by atoms with E-state index >= 15 is 0 Å². The number of esters is 1. The molecule has 1 aromatic rings. The maximum Gasteiger partial charge on any atom is 0.338 e. The highest BCUT2D eigenvalue weighted by molar-refractivity contribution is 9.10. The van der Waals surface area contributed by atoms with Crippen LogP contribution >= 0.6 is 15.9 Å². The summed E-state index contributed by atoms with van der Waals surface area (Å²) in [4.78, 5) is 24.0. The minimum absolute atomic E-state index is 0.285. The zero-order valence-corrected chi connectivity index (χ0v) is 13.7. The first-order valence-corrected chi connectivity index (χ1v) is 7.44. The lowest BCUT2D eigenvalue weighted by atomic mass is 9.92. The van der Waals surface area contributed by atoms with Crippen molar-refractivity contribution in [1.82, 2.24) is 10.6 Å². The van der Waals surface area contributed by atoms with Gasteiger partial charge in [0, 0.05) is 10.2 Å². The average molecular weight is 353 g/mol. The van der Waals surface area contributed by atoms with Crippen LogP contribution in [0.5, 0.6) is 0 Å². The van der Waals surface area contributed by atoms with Crippen LogP contribution in [0, 0.1) is 6.92 Å². The molecule has 2 amide bonds. The lowest BCUT2D eigenvalue weighted by Crippen LogP contribution is -2.45. The number of ether oxygens (including phenoxy) is 1. The van der Waals surface area contributed by atoms with Crippen molar-refractivity contribution in [2.45, 2.75) is 26.8 Å². The molecule has 1 aliphatic heterocycles. The number of carbonyl (C=O) groups is 2. The number of halogens is 1. The monoisotopic (exact) mass is 352 g/mol. The van der Waals surface area contributed by atoms with E-state index in [4.69, 9.17) is 4.74 Å². The number of urea groups is 1. The third kappa shape index (κ3) is 3.26. The van der Waals surface area contributed by atoms with E-state index in [0.29, 0.717) is 11.3 Å². The van der Waals surface area contributed by atoms with Crippen LogP contribution in [0.1, 0.15) is 31.0 Å². The fourth-order valence-corrected chi connectivity index (χ4v) is 2.71. The summed E-state index contributed by atoms with van der Waals surface area (Å²) < 4.78 is 5.99. The summed E-state index contributed by atoms with van der Waals surface area (Å²) >= 11 is 3.42. The number of hydrogen-bond acceptors (Lipinski definition) is 3. The van der Waals surface area contributed by atoms with Crippen LogP contribution in [-0.2, 0) is 9.53 Å². The lowest BCUT2D eigenvalue weighted by Gasteiger charge is -2.29. The van der Waals surface area contributed by atoms with E-state index in [1.807, 2.05) is 25.1 Å². The topological polar surface area (TPSA) is 67.4 Å². The minimum Gasteiger partial charge on any atom is -0.463 e. The fourth-order valence-electron chi connectivity index (χ4n) is 2.33. The number of carbonyl (C=O) groups excluding carboxylic acids is 2. The number of allylic oxidation sites excluding steroid dienone is 1. The molecule has 0 aromatic heterocycles. The Morgan fingerprint density at radius 3 is 2.76 bits per heavy atom. The number of amides is 2. The van der Waals surface area contributed by atoms with Crippen molar-refractivity contribution in [1.29, 1.82) is 0 Å². The van der Waals surface area contributed by atoms with Gasteiger partial charge >= 0.3 is 12.0 Å². The lowest BCUT2D eigenvalue weighted by molar-refractivity contribution is -0.139. The first kappa shape index (κ1) is 15.6. The van der Waals surface area contributed by atoms with Gasteiger partial charge < -0.3 is 15.4 Å². The molecule has 1 atom stereocenters. The summed E-state index contributed by atoms with van der Waals surface area (Å²) in [6.45, 7) is 5.68. The fraction of sp³-hybridized carbons (Fsp3) is 0.333. The quantitative estimate of drug-likeness (QED) is 0.821. The van der Waals surface area contributed by atoms with Gasteiger partial charge in [-0.1, -0.05) is 22.0 Å². The summed E-state index contributed by atoms with van der Waals surface area (Å²) in [7, 11) is 0. The van der Waals surface area contributed by atoms with Crippen LogP contribution in [0.2, 0.25) is 0 Å². The molecule has 1 aromatic carbocycles. The molecule has 21 heavy (non-hydrogen) atoms. The Morgan fingerprint density at radius 2 is 2.10 bits per heavy atom. The molecule has 112 valence electrons. The number of benzene rings is 1. The summed E-state index contributed by atoms with van der Waals surface area (Å²) in [5, 5.41) is 5.41. The molecule has 2 N–H and O–H groups in total. The van der Waals surface area contributed by atoms with Crippen molar-refractivity contribution < 1.29 is 14.3 Å². The second-order valence-electron chi connectivity index (χ2n) is 4.79. The van der Waals surface area contributed by atoms with Crippen LogP contribution in [0.3, 0.4) is 0 Å². The largest absolute Gasteiger partial charge is 0.463 e. The highest BCUT2D eigenvalue weighted by atomic mass is 79.9. The smallest absolute Gasteiger partial charge is 0.338 e. The highest BCUT2D eigenvalue weighted by Crippen LogP contribution is 2.31. The van der Waals surface area contributed by atoms with Crippen LogP contribution < -0.4 is 10.6 Å². The van der Waals surface area contributed by atoms with Crippen LogP contribution in [-0.4, -0.2) is 18.6 Å². The Morgan fingerprint density at radius 1 is 1.38 bits per heavy atom. The van der Waals surface area contributed by atoms with Gasteiger partial charge in [0.15, 0.2) is 0 Å². The Bertz CT molecular complexity index is 625. The van der Waals surface area contributed by atoms with E-state index in [1.165, 1.54) is 0 Å². The Balaban J connectivity index is 2.52. The summed E-state index contributed by atoms with van der Waals surface area (Å²) in [6, 6.07) is 4.91. The van der Waals surface area contributed by atoms with Gasteiger partial charge in [0.2, 0.25) is 0 Å². The normalized spacial score (nSPS) is 18.1. The Kier molecular flexibility index (Phi) is 4.67. The van der Waals surface area contributed by atoms with E-state index in [2.05, 4.69) is 26.6 Å². The summed E-state index contributed by atoms with van der Waals surface area (Å²) in [6.07, 6.45) is 0. The molecule has 1 heterocycles. The van der Waals surface area contributed by atoms with Crippen LogP contribution in [0.15, 0.2) is 33.9 Å². The van der Waals surface area contributed by atoms with Crippen molar-refractivity contribution in [3.63, 3.8) is 0 Å². The molecule has 6 heteroatoms. The van der Waals surface area contributed by atoms with Crippen molar-refractivity contribution in [3.8, 4) is 0 Å². The summed E-state index contributed by atoms with van der Waals surface area (Å²) in [5.74, 6) is -0.424. The number of rotatable bonds is 3. The molecule has 0 saturated heterocycles. The maximum absolute atomic E-state index is 12.2. The molecule has 0 saturated carbocycles. The Labute approximate surface area is 131 Å². The van der Waals surface area contributed by atoms with Gasteiger partial charge in [-0.3, -0.25) is 0 Å². The first-order valence-electron chi connectivity index (χ1n) is 6.65. The molecule has 0 spiro atoms. The highest BCUT2D eigenvalue weighted by Gasteiger charge is 2.32. The van der Waals surface area contributed by atoms with Crippen LogP contribution in [0.4, 0.5) is 4.79 Å². The molecular formula is C15H17BrN2O3. The SMILES string of the molecule is CCOC(=O)C1=C(C)NC(=O)NC1c1cc(Br)ccc1C. The second-order valence-corrected chi connectivity index (χ2v) is 5.71. The van der Waals surface area contributed by atoms with Gasteiger partial charge in [-0.25, -0.2) is 9.59 Å². The molecule has 2 rings (SSSR count). The van der Waals surface area contributed by atoms with E-state index in [-0.39, 0.29) is 12.6 Å². The predicted molar refractivity (Wildman–Crippen MR) is 82.6 cm³/mol. The van der Waals surface area contributed by atoms with Crippen molar-refractivity contribution >= 4 is 27.9 Å². The molecule has 1 unspecified atom stereocenters. The van der Waals surface area contributed by atoms with E-state index in [0.717, 1.165) is 15.6 Å². The van der Waals surface area contributed by atoms with Crippen LogP contribution in [0.25, 0.3) is 0 Å². The van der Waals surface area contributed by atoms with E-state index < -0.39 is 12.0 Å². The molecule has 0 radical (unpaired) electrons. The molecule has 0 aliphatic carbocycles. The third-order valence-electron chi connectivity index (χ3n) is 3.32. The first-order chi connectivity index (χ1) is 9.93. The van der Waals surface area contributed by atoms with Gasteiger partial charge in [-0.2, -0.15) is 0 Å². The predicted octanol–water partition coefficient (Wildman–Crippen LogP) is 2.95. The van der Waals surface area contributed by atoms with Gasteiger partial charge in [0.25, 0.3) is 0 Å². The zero-order valence-electron chi connectivity index (χ0n) is 12.1. The second kappa shape index (κ2) is 6.30. The van der Waals surface area contributed by atoms with Crippen molar-refractivity contribution in [2.24, 2.45) is 0 Å². The zero-order chi connectivity index (χ0) is 15.6. The average Bonchev–Trinajstić information content (AvgIpc) is 2.40.